The number of piperazine rings is 1. The van der Waals surface area contributed by atoms with E-state index in [2.05, 4.69) is 34.2 Å². The summed E-state index contributed by atoms with van der Waals surface area (Å²) in [6, 6.07) is 16.1. The van der Waals surface area contributed by atoms with Crippen LogP contribution in [0.2, 0.25) is 0 Å². The molecule has 0 unspecified atom stereocenters. The lowest BCUT2D eigenvalue weighted by molar-refractivity contribution is -0.211. The van der Waals surface area contributed by atoms with Gasteiger partial charge < -0.3 is 14.5 Å². The minimum atomic E-state index is -0.532. The number of hydroxylamine groups is 2. The van der Waals surface area contributed by atoms with Gasteiger partial charge in [-0.1, -0.05) is 24.3 Å². The molecule has 0 spiro atoms. The molecule has 1 aliphatic heterocycles. The fraction of sp³-hybridized carbons (Fsp3) is 0.400. The molecule has 0 saturated carbocycles. The average molecular weight is 435 g/mol. The fourth-order valence-electron chi connectivity index (χ4n) is 3.80. The van der Waals surface area contributed by atoms with E-state index in [9.17, 15) is 4.79 Å². The maximum Gasteiger partial charge on any atom is 0.330 e. The van der Waals surface area contributed by atoms with Crippen molar-refractivity contribution in [2.24, 2.45) is 5.41 Å². The number of methoxy groups -OCH3 is 1. The van der Waals surface area contributed by atoms with Crippen molar-refractivity contribution in [3.63, 3.8) is 0 Å². The molecule has 1 atom stereocenters. The van der Waals surface area contributed by atoms with Crippen LogP contribution in [0.25, 0.3) is 22.0 Å². The predicted molar refractivity (Wildman–Crippen MR) is 125 cm³/mol. The van der Waals surface area contributed by atoms with Gasteiger partial charge in [-0.25, -0.2) is 4.79 Å². The molecule has 0 N–H and O–H groups in total. The monoisotopic (exact) mass is 434 g/mol. The van der Waals surface area contributed by atoms with Gasteiger partial charge in [0.1, 0.15) is 11.4 Å². The molecule has 1 aliphatic rings. The second kappa shape index (κ2) is 8.74. The number of anilines is 1. The van der Waals surface area contributed by atoms with Crippen LogP contribution in [0.5, 0.6) is 5.75 Å². The third-order valence-corrected chi connectivity index (χ3v) is 5.71. The topological polar surface area (TPSA) is 67.8 Å². The zero-order valence-corrected chi connectivity index (χ0v) is 19.3. The van der Waals surface area contributed by atoms with Gasteiger partial charge in [0.15, 0.2) is 5.82 Å². The Bertz CT molecular complexity index is 1110. The van der Waals surface area contributed by atoms with Gasteiger partial charge in [0.25, 0.3) is 0 Å². The van der Waals surface area contributed by atoms with E-state index in [1.165, 1.54) is 0 Å². The molecule has 32 heavy (non-hydrogen) atoms. The standard InChI is InChI=1S/C25H30N4O3/c1-17-16-28(14-15-29(17)32-24(30)25(2,3)4)23-21-9-7-6-8-20(21)22(26-27-23)18-10-12-19(31-5)13-11-18/h6-13,17H,14-16H2,1-5H3/t17-/m0/s1. The molecule has 4 rings (SSSR count). The predicted octanol–water partition coefficient (Wildman–Crippen LogP) is 4.32. The summed E-state index contributed by atoms with van der Waals surface area (Å²) in [5.74, 6) is 1.44. The zero-order valence-electron chi connectivity index (χ0n) is 19.3. The normalized spacial score (nSPS) is 17.4. The first-order chi connectivity index (χ1) is 15.3. The van der Waals surface area contributed by atoms with E-state index in [-0.39, 0.29) is 12.0 Å². The van der Waals surface area contributed by atoms with Crippen LogP contribution in [0, 0.1) is 5.41 Å². The molecular formula is C25H30N4O3. The van der Waals surface area contributed by atoms with Crippen LogP contribution in [-0.4, -0.2) is 54.0 Å². The summed E-state index contributed by atoms with van der Waals surface area (Å²) in [6.45, 7) is 9.65. The van der Waals surface area contributed by atoms with Crippen LogP contribution in [0.4, 0.5) is 5.82 Å². The van der Waals surface area contributed by atoms with Crippen LogP contribution in [0.1, 0.15) is 27.7 Å². The summed E-state index contributed by atoms with van der Waals surface area (Å²) in [6.07, 6.45) is 0. The second-order valence-electron chi connectivity index (χ2n) is 9.21. The van der Waals surface area contributed by atoms with Gasteiger partial charge in [0.05, 0.1) is 25.1 Å². The summed E-state index contributed by atoms with van der Waals surface area (Å²) in [5.41, 5.74) is 1.31. The Labute approximate surface area is 188 Å². The number of ether oxygens (including phenoxy) is 1. The van der Waals surface area contributed by atoms with E-state index in [0.717, 1.165) is 33.6 Å². The Morgan fingerprint density at radius 2 is 1.69 bits per heavy atom. The lowest BCUT2D eigenvalue weighted by Gasteiger charge is -2.39. The number of benzene rings is 2. The van der Waals surface area contributed by atoms with E-state index >= 15 is 0 Å². The quantitative estimate of drug-likeness (QED) is 0.606. The number of fused-ring (bicyclic) bond motifs is 1. The minimum absolute atomic E-state index is 0.0388. The minimum Gasteiger partial charge on any atom is -0.497 e. The summed E-state index contributed by atoms with van der Waals surface area (Å²) in [4.78, 5) is 20.2. The van der Waals surface area contributed by atoms with E-state index in [1.54, 1.807) is 12.2 Å². The number of aromatic nitrogens is 2. The van der Waals surface area contributed by atoms with Gasteiger partial charge in [-0.2, -0.15) is 0 Å². The highest BCUT2D eigenvalue weighted by atomic mass is 16.7. The first kappa shape index (κ1) is 22.0. The maximum absolute atomic E-state index is 12.3. The highest BCUT2D eigenvalue weighted by molar-refractivity contribution is 6.00. The number of carbonyl (C=O) groups excluding carboxylic acids is 1. The number of nitrogens with zero attached hydrogens (tertiary/aromatic N) is 4. The molecule has 168 valence electrons. The Hall–Kier alpha value is -3.19. The smallest absolute Gasteiger partial charge is 0.330 e. The summed E-state index contributed by atoms with van der Waals surface area (Å²) < 4.78 is 5.27. The molecule has 0 bridgehead atoms. The molecule has 0 amide bonds. The lowest BCUT2D eigenvalue weighted by atomic mass is 9.98. The Morgan fingerprint density at radius 1 is 1.00 bits per heavy atom. The van der Waals surface area contributed by atoms with Gasteiger partial charge in [0.2, 0.25) is 0 Å². The maximum atomic E-state index is 12.3. The third kappa shape index (κ3) is 4.39. The van der Waals surface area contributed by atoms with Gasteiger partial charge in [-0.15, -0.1) is 15.3 Å². The zero-order chi connectivity index (χ0) is 22.9. The molecule has 3 aromatic rings. The summed E-state index contributed by atoms with van der Waals surface area (Å²) in [7, 11) is 1.66. The van der Waals surface area contributed by atoms with Crippen LogP contribution in [0.15, 0.2) is 48.5 Å². The second-order valence-corrected chi connectivity index (χ2v) is 9.21. The highest BCUT2D eigenvalue weighted by Gasteiger charge is 2.32. The SMILES string of the molecule is COc1ccc(-c2nnc(N3CCN(OC(=O)C(C)(C)C)[C@@H](C)C3)c3ccccc23)cc1. The Kier molecular flexibility index (Phi) is 6.02. The van der Waals surface area contributed by atoms with Crippen LogP contribution >= 0.6 is 0 Å². The average Bonchev–Trinajstić information content (AvgIpc) is 2.79. The van der Waals surface area contributed by atoms with Crippen molar-refractivity contribution in [3.8, 4) is 17.0 Å². The summed E-state index contributed by atoms with van der Waals surface area (Å²) >= 11 is 0. The molecule has 7 nitrogen and oxygen atoms in total. The molecule has 1 fully saturated rings. The molecule has 2 heterocycles. The summed E-state index contributed by atoms with van der Waals surface area (Å²) in [5, 5.41) is 13.1. The molecule has 0 aliphatic carbocycles. The van der Waals surface area contributed by atoms with Crippen molar-refractivity contribution < 1.29 is 14.4 Å². The van der Waals surface area contributed by atoms with Crippen molar-refractivity contribution in [1.82, 2.24) is 15.3 Å². The number of hydrogen-bond acceptors (Lipinski definition) is 7. The van der Waals surface area contributed by atoms with Crippen LogP contribution in [-0.2, 0) is 9.63 Å². The number of carbonyl (C=O) groups is 1. The molecule has 2 aromatic carbocycles. The first-order valence-corrected chi connectivity index (χ1v) is 10.9. The number of rotatable bonds is 4. The fourth-order valence-corrected chi connectivity index (χ4v) is 3.80. The van der Waals surface area contributed by atoms with Gasteiger partial charge in [-0.3, -0.25) is 0 Å². The van der Waals surface area contributed by atoms with Gasteiger partial charge >= 0.3 is 5.97 Å². The Morgan fingerprint density at radius 3 is 2.31 bits per heavy atom. The van der Waals surface area contributed by atoms with Crippen molar-refractivity contribution in [3.05, 3.63) is 48.5 Å². The van der Waals surface area contributed by atoms with Crippen molar-refractivity contribution in [2.75, 3.05) is 31.6 Å². The largest absolute Gasteiger partial charge is 0.497 e. The Balaban J connectivity index is 1.60. The van der Waals surface area contributed by atoms with Crippen molar-refractivity contribution in [2.45, 2.75) is 33.7 Å². The van der Waals surface area contributed by atoms with Crippen LogP contribution in [0.3, 0.4) is 0 Å². The molecular weight excluding hydrogens is 404 g/mol. The third-order valence-electron chi connectivity index (χ3n) is 5.71. The van der Waals surface area contributed by atoms with E-state index in [0.29, 0.717) is 19.6 Å². The van der Waals surface area contributed by atoms with E-state index < -0.39 is 5.41 Å². The first-order valence-electron chi connectivity index (χ1n) is 10.9. The molecule has 7 heteroatoms. The molecule has 1 saturated heterocycles. The highest BCUT2D eigenvalue weighted by Crippen LogP contribution is 2.33. The van der Waals surface area contributed by atoms with Crippen molar-refractivity contribution in [1.29, 1.82) is 0 Å². The van der Waals surface area contributed by atoms with Crippen LogP contribution < -0.4 is 9.64 Å². The molecule has 1 aromatic heterocycles. The van der Waals surface area contributed by atoms with E-state index in [1.807, 2.05) is 57.2 Å². The van der Waals surface area contributed by atoms with E-state index in [4.69, 9.17) is 9.57 Å². The lowest BCUT2D eigenvalue weighted by Crippen LogP contribution is -2.53. The van der Waals surface area contributed by atoms with Gasteiger partial charge in [-0.05, 0) is 52.0 Å². The van der Waals surface area contributed by atoms with Gasteiger partial charge in [0, 0.05) is 29.4 Å². The molecule has 0 radical (unpaired) electrons. The van der Waals surface area contributed by atoms with Crippen molar-refractivity contribution >= 4 is 22.6 Å². The number of hydrogen-bond donors (Lipinski definition) is 0.